The van der Waals surface area contributed by atoms with E-state index < -0.39 is 0 Å². The fourth-order valence-electron chi connectivity index (χ4n) is 2.30. The Hall–Kier alpha value is -1.14. The van der Waals surface area contributed by atoms with E-state index in [2.05, 4.69) is 12.2 Å². The topological polar surface area (TPSA) is 78.7 Å². The molecule has 2 unspecified atom stereocenters. The van der Waals surface area contributed by atoms with Crippen molar-refractivity contribution in [3.05, 3.63) is 0 Å². The predicted molar refractivity (Wildman–Crippen MR) is 63.3 cm³/mol. The Kier molecular flexibility index (Phi) is 3.63. The number of rotatable bonds is 2. The number of carbonyl (C=O) groups is 2. The number of likely N-dealkylation sites (tertiary alicyclic amines) is 1. The molecule has 0 spiro atoms. The van der Waals surface area contributed by atoms with Gasteiger partial charge >= 0.3 is 6.03 Å². The van der Waals surface area contributed by atoms with Gasteiger partial charge in [-0.2, -0.15) is 0 Å². The van der Waals surface area contributed by atoms with Crippen LogP contribution in [0.2, 0.25) is 0 Å². The number of nitrogens with one attached hydrogen (secondary N) is 1. The molecule has 96 valence electrons. The van der Waals surface area contributed by atoms with Gasteiger partial charge in [0.15, 0.2) is 0 Å². The number of imide groups is 1. The summed E-state index contributed by atoms with van der Waals surface area (Å²) < 4.78 is 0. The quantitative estimate of drug-likeness (QED) is 0.663. The number of urea groups is 1. The minimum Gasteiger partial charge on any atom is -0.336 e. The average molecular weight is 240 g/mol. The molecule has 0 radical (unpaired) electrons. The van der Waals surface area contributed by atoms with E-state index in [0.717, 1.165) is 19.5 Å². The minimum absolute atomic E-state index is 0.123. The number of carbonyl (C=O) groups excluding carboxylic acids is 2. The largest absolute Gasteiger partial charge is 0.336 e. The molecule has 0 aromatic rings. The lowest BCUT2D eigenvalue weighted by atomic mass is 9.94. The van der Waals surface area contributed by atoms with Crippen molar-refractivity contribution < 1.29 is 9.59 Å². The molecule has 2 atom stereocenters. The van der Waals surface area contributed by atoms with Crippen LogP contribution in [0.4, 0.5) is 4.79 Å². The number of nitrogens with zero attached hydrogens (tertiary/aromatic N) is 2. The van der Waals surface area contributed by atoms with E-state index in [1.807, 2.05) is 4.90 Å². The van der Waals surface area contributed by atoms with Gasteiger partial charge in [0.25, 0.3) is 0 Å². The van der Waals surface area contributed by atoms with E-state index in [4.69, 9.17) is 5.73 Å². The van der Waals surface area contributed by atoms with Crippen LogP contribution in [-0.4, -0.2) is 60.5 Å². The third-order valence-electron chi connectivity index (χ3n) is 3.62. The molecule has 0 bridgehead atoms. The van der Waals surface area contributed by atoms with Crippen LogP contribution in [-0.2, 0) is 4.79 Å². The van der Waals surface area contributed by atoms with Gasteiger partial charge in [-0.15, -0.1) is 0 Å². The molecule has 3 N–H and O–H groups in total. The van der Waals surface area contributed by atoms with Crippen LogP contribution >= 0.6 is 0 Å². The molecule has 0 saturated carbocycles. The highest BCUT2D eigenvalue weighted by atomic mass is 16.2. The number of hydrogen-bond donors (Lipinski definition) is 2. The first-order valence-electron chi connectivity index (χ1n) is 6.14. The van der Waals surface area contributed by atoms with Crippen LogP contribution < -0.4 is 11.1 Å². The highest BCUT2D eigenvalue weighted by Gasteiger charge is 2.29. The van der Waals surface area contributed by atoms with Crippen molar-refractivity contribution in [2.45, 2.75) is 19.4 Å². The van der Waals surface area contributed by atoms with Crippen LogP contribution in [0.5, 0.6) is 0 Å². The predicted octanol–water partition coefficient (Wildman–Crippen LogP) is -0.793. The summed E-state index contributed by atoms with van der Waals surface area (Å²) in [5.74, 6) is 0.387. The van der Waals surface area contributed by atoms with E-state index in [-0.39, 0.29) is 18.0 Å². The molecule has 2 rings (SSSR count). The van der Waals surface area contributed by atoms with Gasteiger partial charge in [-0.1, -0.05) is 6.92 Å². The number of piperidine rings is 1. The Bertz CT molecular complexity index is 321. The second-order valence-electron chi connectivity index (χ2n) is 4.94. The van der Waals surface area contributed by atoms with Crippen molar-refractivity contribution in [3.63, 3.8) is 0 Å². The molecular weight excluding hydrogens is 220 g/mol. The fraction of sp³-hybridized carbons (Fsp3) is 0.818. The zero-order valence-corrected chi connectivity index (χ0v) is 10.2. The summed E-state index contributed by atoms with van der Waals surface area (Å²) in [5.41, 5.74) is 5.98. The van der Waals surface area contributed by atoms with Crippen LogP contribution in [0, 0.1) is 5.92 Å². The zero-order valence-electron chi connectivity index (χ0n) is 10.2. The lowest BCUT2D eigenvalue weighted by Gasteiger charge is -2.34. The van der Waals surface area contributed by atoms with Crippen molar-refractivity contribution in [1.82, 2.24) is 15.1 Å². The molecule has 6 nitrogen and oxygen atoms in total. The highest BCUT2D eigenvalue weighted by molar-refractivity contribution is 5.96. The molecule has 3 amide bonds. The molecule has 0 aromatic heterocycles. The van der Waals surface area contributed by atoms with Gasteiger partial charge < -0.3 is 11.1 Å². The maximum atomic E-state index is 11.9. The molecule has 2 saturated heterocycles. The maximum Gasteiger partial charge on any atom is 0.324 e. The summed E-state index contributed by atoms with van der Waals surface area (Å²) in [6, 6.07) is -0.145. The summed E-state index contributed by atoms with van der Waals surface area (Å²) >= 11 is 0. The van der Waals surface area contributed by atoms with Crippen LogP contribution in [0.15, 0.2) is 0 Å². The van der Waals surface area contributed by atoms with Crippen molar-refractivity contribution in [3.8, 4) is 0 Å². The standard InChI is InChI=1S/C11H20N4O2/c1-8-2-4-14(6-9(8)12)7-10(16)15-5-3-13-11(15)17/h8-9H,2-7,12H2,1H3,(H,13,17). The molecule has 0 aromatic carbocycles. The molecule has 2 fully saturated rings. The van der Waals surface area contributed by atoms with Crippen molar-refractivity contribution in [1.29, 1.82) is 0 Å². The van der Waals surface area contributed by atoms with Crippen LogP contribution in [0.1, 0.15) is 13.3 Å². The van der Waals surface area contributed by atoms with E-state index >= 15 is 0 Å². The summed E-state index contributed by atoms with van der Waals surface area (Å²) in [6.07, 6.45) is 1.01. The van der Waals surface area contributed by atoms with Gasteiger partial charge in [0.1, 0.15) is 0 Å². The summed E-state index contributed by atoms with van der Waals surface area (Å²) in [6.45, 7) is 5.10. The van der Waals surface area contributed by atoms with Gasteiger partial charge in [-0.3, -0.25) is 14.6 Å². The molecule has 17 heavy (non-hydrogen) atoms. The van der Waals surface area contributed by atoms with Crippen LogP contribution in [0.25, 0.3) is 0 Å². The van der Waals surface area contributed by atoms with E-state index in [1.54, 1.807) is 0 Å². The molecular formula is C11H20N4O2. The van der Waals surface area contributed by atoms with Crippen molar-refractivity contribution >= 4 is 11.9 Å². The first-order valence-corrected chi connectivity index (χ1v) is 6.14. The Morgan fingerprint density at radius 1 is 1.53 bits per heavy atom. The number of amides is 3. The van der Waals surface area contributed by atoms with E-state index in [1.165, 1.54) is 4.90 Å². The summed E-state index contributed by atoms with van der Waals surface area (Å²) in [7, 11) is 0. The molecule has 2 heterocycles. The third kappa shape index (κ3) is 2.76. The number of nitrogens with two attached hydrogens (primary N) is 1. The summed E-state index contributed by atoms with van der Waals surface area (Å²) in [5, 5.41) is 2.63. The fourth-order valence-corrected chi connectivity index (χ4v) is 2.30. The molecule has 0 aliphatic carbocycles. The van der Waals surface area contributed by atoms with Gasteiger partial charge in [-0.05, 0) is 18.9 Å². The monoisotopic (exact) mass is 240 g/mol. The Morgan fingerprint density at radius 2 is 2.29 bits per heavy atom. The Balaban J connectivity index is 1.84. The van der Waals surface area contributed by atoms with Gasteiger partial charge in [-0.25, -0.2) is 4.79 Å². The van der Waals surface area contributed by atoms with E-state index in [0.29, 0.717) is 25.6 Å². The second-order valence-corrected chi connectivity index (χ2v) is 4.94. The van der Waals surface area contributed by atoms with E-state index in [9.17, 15) is 9.59 Å². The van der Waals surface area contributed by atoms with Crippen LogP contribution in [0.3, 0.4) is 0 Å². The van der Waals surface area contributed by atoms with Gasteiger partial charge in [0.2, 0.25) is 5.91 Å². The smallest absolute Gasteiger partial charge is 0.324 e. The lowest BCUT2D eigenvalue weighted by molar-refractivity contribution is -0.129. The molecule has 6 heteroatoms. The Morgan fingerprint density at radius 3 is 2.88 bits per heavy atom. The average Bonchev–Trinajstić information content (AvgIpc) is 2.70. The summed E-state index contributed by atoms with van der Waals surface area (Å²) in [4.78, 5) is 26.5. The van der Waals surface area contributed by atoms with Gasteiger partial charge in [0, 0.05) is 25.7 Å². The first-order chi connectivity index (χ1) is 8.08. The zero-order chi connectivity index (χ0) is 12.4. The van der Waals surface area contributed by atoms with Crippen molar-refractivity contribution in [2.75, 3.05) is 32.7 Å². The third-order valence-corrected chi connectivity index (χ3v) is 3.62. The Labute approximate surface area is 101 Å². The lowest BCUT2D eigenvalue weighted by Crippen LogP contribution is -2.51. The normalized spacial score (nSPS) is 30.5. The minimum atomic E-state index is -0.273. The molecule has 2 aliphatic rings. The highest BCUT2D eigenvalue weighted by Crippen LogP contribution is 2.15. The second kappa shape index (κ2) is 5.01. The first kappa shape index (κ1) is 12.3. The van der Waals surface area contributed by atoms with Gasteiger partial charge in [0.05, 0.1) is 6.54 Å². The number of hydrogen-bond acceptors (Lipinski definition) is 4. The van der Waals surface area contributed by atoms with Crippen molar-refractivity contribution in [2.24, 2.45) is 11.7 Å². The molecule has 2 aliphatic heterocycles. The maximum absolute atomic E-state index is 11.9. The SMILES string of the molecule is CC1CCN(CC(=O)N2CCNC2=O)CC1N.